The van der Waals surface area contributed by atoms with Crippen LogP contribution in [0.3, 0.4) is 0 Å². The van der Waals surface area contributed by atoms with E-state index in [1.807, 2.05) is 88.4 Å². The lowest BCUT2D eigenvalue weighted by molar-refractivity contribution is -0.141. The maximum atomic E-state index is 13.7. The lowest BCUT2D eigenvalue weighted by Crippen LogP contribution is -2.49. The third kappa shape index (κ3) is 6.79. The third-order valence-electron chi connectivity index (χ3n) is 5.85. The Morgan fingerprint density at radius 1 is 0.788 bits per heavy atom. The zero-order chi connectivity index (χ0) is 23.8. The van der Waals surface area contributed by atoms with Gasteiger partial charge in [-0.2, -0.15) is 0 Å². The van der Waals surface area contributed by atoms with Crippen LogP contribution in [0.25, 0.3) is 0 Å². The summed E-state index contributed by atoms with van der Waals surface area (Å²) in [7, 11) is 0. The van der Waals surface area contributed by atoms with E-state index in [9.17, 15) is 9.59 Å². The van der Waals surface area contributed by atoms with E-state index >= 15 is 0 Å². The molecule has 0 aliphatic rings. The van der Waals surface area contributed by atoms with Crippen molar-refractivity contribution in [1.29, 1.82) is 0 Å². The number of benzene rings is 3. The molecule has 0 aliphatic carbocycles. The monoisotopic (exact) mass is 442 g/mol. The molecule has 3 aromatic rings. The molecule has 33 heavy (non-hydrogen) atoms. The zero-order valence-electron chi connectivity index (χ0n) is 20.0. The van der Waals surface area contributed by atoms with Gasteiger partial charge in [0.2, 0.25) is 11.8 Å². The molecule has 0 aromatic heterocycles. The Balaban J connectivity index is 1.91. The van der Waals surface area contributed by atoms with E-state index in [2.05, 4.69) is 29.6 Å². The highest BCUT2D eigenvalue weighted by Crippen LogP contribution is 2.29. The van der Waals surface area contributed by atoms with Gasteiger partial charge < -0.3 is 10.2 Å². The summed E-state index contributed by atoms with van der Waals surface area (Å²) in [5.74, 6) is -0.262. The summed E-state index contributed by atoms with van der Waals surface area (Å²) >= 11 is 0. The highest BCUT2D eigenvalue weighted by atomic mass is 16.2. The smallest absolute Gasteiger partial charge is 0.242 e. The molecule has 0 saturated carbocycles. The van der Waals surface area contributed by atoms with Crippen LogP contribution in [0.15, 0.2) is 84.9 Å². The van der Waals surface area contributed by atoms with Crippen molar-refractivity contribution >= 4 is 11.8 Å². The molecule has 3 aromatic carbocycles. The standard InChI is InChI=1S/C29H34N2O2/c1-21(2)30-29(33)23(4)31(20-24-17-15-22(3)16-18-24)28(32)19-27(25-11-7-5-8-12-25)26-13-9-6-10-14-26/h5-18,21,23,27H,19-20H2,1-4H3,(H,30,33). The fourth-order valence-electron chi connectivity index (χ4n) is 3.97. The minimum Gasteiger partial charge on any atom is -0.352 e. The molecule has 0 saturated heterocycles. The molecular formula is C29H34N2O2. The molecule has 0 fully saturated rings. The van der Waals surface area contributed by atoms with E-state index in [1.54, 1.807) is 4.90 Å². The van der Waals surface area contributed by atoms with Crippen molar-refractivity contribution in [3.05, 3.63) is 107 Å². The van der Waals surface area contributed by atoms with Crippen LogP contribution in [0, 0.1) is 6.92 Å². The predicted octanol–water partition coefficient (Wildman–Crippen LogP) is 5.46. The third-order valence-corrected chi connectivity index (χ3v) is 5.85. The number of hydrogen-bond acceptors (Lipinski definition) is 2. The van der Waals surface area contributed by atoms with Crippen LogP contribution in [-0.4, -0.2) is 28.8 Å². The van der Waals surface area contributed by atoms with Crippen LogP contribution in [0.2, 0.25) is 0 Å². The van der Waals surface area contributed by atoms with E-state index in [0.717, 1.165) is 22.3 Å². The highest BCUT2D eigenvalue weighted by molar-refractivity contribution is 5.88. The normalized spacial score (nSPS) is 11.9. The Labute approximate surface area is 197 Å². The van der Waals surface area contributed by atoms with Gasteiger partial charge in [-0.3, -0.25) is 9.59 Å². The van der Waals surface area contributed by atoms with Gasteiger partial charge in [0, 0.05) is 24.9 Å². The van der Waals surface area contributed by atoms with Gasteiger partial charge in [-0.25, -0.2) is 0 Å². The van der Waals surface area contributed by atoms with Gasteiger partial charge in [0.25, 0.3) is 0 Å². The molecule has 0 radical (unpaired) electrons. The minimum absolute atomic E-state index is 0.0117. The number of carbonyl (C=O) groups excluding carboxylic acids is 2. The van der Waals surface area contributed by atoms with Crippen LogP contribution < -0.4 is 5.32 Å². The summed E-state index contributed by atoms with van der Waals surface area (Å²) in [5, 5.41) is 2.96. The second-order valence-electron chi connectivity index (χ2n) is 8.92. The lowest BCUT2D eigenvalue weighted by atomic mass is 9.88. The van der Waals surface area contributed by atoms with Gasteiger partial charge in [-0.05, 0) is 44.4 Å². The highest BCUT2D eigenvalue weighted by Gasteiger charge is 2.29. The zero-order valence-corrected chi connectivity index (χ0v) is 20.0. The van der Waals surface area contributed by atoms with Gasteiger partial charge in [0.05, 0.1) is 0 Å². The van der Waals surface area contributed by atoms with Crippen LogP contribution in [0.5, 0.6) is 0 Å². The van der Waals surface area contributed by atoms with E-state index in [4.69, 9.17) is 0 Å². The first-order valence-electron chi connectivity index (χ1n) is 11.6. The molecule has 0 bridgehead atoms. The summed E-state index contributed by atoms with van der Waals surface area (Å²) in [6, 6.07) is 27.7. The van der Waals surface area contributed by atoms with Gasteiger partial charge in [-0.1, -0.05) is 90.5 Å². The number of nitrogens with zero attached hydrogens (tertiary/aromatic N) is 1. The number of nitrogens with one attached hydrogen (secondary N) is 1. The van der Waals surface area contributed by atoms with Gasteiger partial charge >= 0.3 is 0 Å². The molecule has 3 rings (SSSR count). The minimum atomic E-state index is -0.576. The summed E-state index contributed by atoms with van der Waals surface area (Å²) in [6.45, 7) is 8.09. The first-order valence-corrected chi connectivity index (χ1v) is 11.6. The van der Waals surface area contributed by atoms with Crippen molar-refractivity contribution in [2.45, 2.75) is 58.7 Å². The number of aryl methyl sites for hydroxylation is 1. The van der Waals surface area contributed by atoms with Crippen molar-refractivity contribution in [1.82, 2.24) is 10.2 Å². The molecule has 2 amide bonds. The van der Waals surface area contributed by atoms with E-state index in [0.29, 0.717) is 13.0 Å². The summed E-state index contributed by atoms with van der Waals surface area (Å²) in [6.07, 6.45) is 0.291. The van der Waals surface area contributed by atoms with Gasteiger partial charge in [0.1, 0.15) is 6.04 Å². The maximum Gasteiger partial charge on any atom is 0.242 e. The van der Waals surface area contributed by atoms with E-state index in [-0.39, 0.29) is 23.8 Å². The Morgan fingerprint density at radius 2 is 1.30 bits per heavy atom. The molecular weight excluding hydrogens is 408 g/mol. The molecule has 0 aliphatic heterocycles. The second-order valence-corrected chi connectivity index (χ2v) is 8.92. The number of rotatable bonds is 9. The Kier molecular flexibility index (Phi) is 8.42. The lowest BCUT2D eigenvalue weighted by Gasteiger charge is -2.31. The van der Waals surface area contributed by atoms with Crippen LogP contribution in [0.4, 0.5) is 0 Å². The molecule has 0 heterocycles. The largest absolute Gasteiger partial charge is 0.352 e. The van der Waals surface area contributed by atoms with E-state index in [1.165, 1.54) is 0 Å². The quantitative estimate of drug-likeness (QED) is 0.478. The van der Waals surface area contributed by atoms with Gasteiger partial charge in [0.15, 0.2) is 0 Å². The fourth-order valence-corrected chi connectivity index (χ4v) is 3.97. The number of carbonyl (C=O) groups is 2. The molecule has 1 atom stereocenters. The SMILES string of the molecule is Cc1ccc(CN(C(=O)CC(c2ccccc2)c2ccccc2)C(C)C(=O)NC(C)C)cc1. The second kappa shape index (κ2) is 11.5. The van der Waals surface area contributed by atoms with Crippen molar-refractivity contribution < 1.29 is 9.59 Å². The summed E-state index contributed by atoms with van der Waals surface area (Å²) in [4.78, 5) is 28.3. The molecule has 1 unspecified atom stereocenters. The topological polar surface area (TPSA) is 49.4 Å². The van der Waals surface area contributed by atoms with Crippen molar-refractivity contribution in [3.63, 3.8) is 0 Å². The average Bonchev–Trinajstić information content (AvgIpc) is 2.82. The maximum absolute atomic E-state index is 13.7. The van der Waals surface area contributed by atoms with Gasteiger partial charge in [-0.15, -0.1) is 0 Å². The van der Waals surface area contributed by atoms with Crippen molar-refractivity contribution in [3.8, 4) is 0 Å². The number of hydrogen-bond donors (Lipinski definition) is 1. The Hall–Kier alpha value is -3.40. The van der Waals surface area contributed by atoms with Crippen molar-refractivity contribution in [2.75, 3.05) is 0 Å². The van der Waals surface area contributed by atoms with E-state index < -0.39 is 6.04 Å². The van der Waals surface area contributed by atoms with Crippen molar-refractivity contribution in [2.24, 2.45) is 0 Å². The number of amides is 2. The summed E-state index contributed by atoms with van der Waals surface area (Å²) < 4.78 is 0. The molecule has 4 heteroatoms. The Bertz CT molecular complexity index is 991. The first-order chi connectivity index (χ1) is 15.8. The van der Waals surface area contributed by atoms with Crippen LogP contribution in [0.1, 0.15) is 55.4 Å². The van der Waals surface area contributed by atoms with Crippen LogP contribution in [-0.2, 0) is 16.1 Å². The predicted molar refractivity (Wildman–Crippen MR) is 134 cm³/mol. The Morgan fingerprint density at radius 3 is 1.79 bits per heavy atom. The molecule has 0 spiro atoms. The molecule has 4 nitrogen and oxygen atoms in total. The fraction of sp³-hybridized carbons (Fsp3) is 0.310. The van der Waals surface area contributed by atoms with Crippen LogP contribution >= 0.6 is 0 Å². The molecule has 1 N–H and O–H groups in total. The summed E-state index contributed by atoms with van der Waals surface area (Å²) in [5.41, 5.74) is 4.35. The average molecular weight is 443 g/mol. The first kappa shape index (κ1) is 24.2. The molecule has 172 valence electrons.